The van der Waals surface area contributed by atoms with Crippen LogP contribution in [0.15, 0.2) is 24.3 Å². The van der Waals surface area contributed by atoms with E-state index in [9.17, 15) is 0 Å². The second-order valence-corrected chi connectivity index (χ2v) is 5.19. The third kappa shape index (κ3) is 2.38. The van der Waals surface area contributed by atoms with Gasteiger partial charge in [0.15, 0.2) is 0 Å². The summed E-state index contributed by atoms with van der Waals surface area (Å²) in [4.78, 5) is 27.5. The molecule has 0 spiro atoms. The zero-order valence-electron chi connectivity index (χ0n) is 7.73. The Labute approximate surface area is 78.7 Å². The summed E-state index contributed by atoms with van der Waals surface area (Å²) in [6.45, 7) is 3.89. The quantitative estimate of drug-likeness (QED) is 0.583. The summed E-state index contributed by atoms with van der Waals surface area (Å²) >= 11 is 0. The van der Waals surface area contributed by atoms with E-state index in [1.165, 1.54) is 0 Å². The highest BCUT2D eigenvalue weighted by Crippen LogP contribution is 2.12. The van der Waals surface area contributed by atoms with E-state index < -0.39 is 8.80 Å². The molecule has 1 aromatic rings. The van der Waals surface area contributed by atoms with E-state index in [1.807, 2.05) is 19.9 Å². The Morgan fingerprint density at radius 2 is 1.62 bits per heavy atom. The van der Waals surface area contributed by atoms with Crippen molar-refractivity contribution < 1.29 is 14.4 Å². The van der Waals surface area contributed by atoms with Crippen molar-refractivity contribution in [1.82, 2.24) is 0 Å². The zero-order chi connectivity index (χ0) is 10.1. The highest BCUT2D eigenvalue weighted by Gasteiger charge is 2.33. The van der Waals surface area contributed by atoms with Crippen LogP contribution in [-0.2, 0) is 0 Å². The molecule has 0 radical (unpaired) electrons. The first kappa shape index (κ1) is 10.4. The Kier molecular flexibility index (Phi) is 2.87. The molecule has 0 aromatic heterocycles. The summed E-state index contributed by atoms with van der Waals surface area (Å²) in [5.74, 6) is 0.175. The minimum atomic E-state index is -4.14. The summed E-state index contributed by atoms with van der Waals surface area (Å²) in [5, 5.41) is 0.282. The fourth-order valence-corrected chi connectivity index (χ4v) is 2.39. The minimum Gasteiger partial charge on any atom is -0.386 e. The van der Waals surface area contributed by atoms with Gasteiger partial charge in [-0.25, -0.2) is 0 Å². The molecule has 1 rings (SSSR count). The predicted octanol–water partition coefficient (Wildman–Crippen LogP) is -0.0672. The molecule has 0 saturated carbocycles. The third-order valence-electron chi connectivity index (χ3n) is 1.94. The van der Waals surface area contributed by atoms with E-state index in [2.05, 4.69) is 0 Å². The van der Waals surface area contributed by atoms with Crippen molar-refractivity contribution in [3.05, 3.63) is 29.8 Å². The van der Waals surface area contributed by atoms with Crippen LogP contribution >= 0.6 is 0 Å². The van der Waals surface area contributed by atoms with Crippen LogP contribution in [-0.4, -0.2) is 23.2 Å². The molecule has 72 valence electrons. The molecule has 0 fully saturated rings. The van der Waals surface area contributed by atoms with Gasteiger partial charge in [-0.15, -0.1) is 0 Å². The Morgan fingerprint density at radius 3 is 2.00 bits per heavy atom. The molecular formula is C9H14O3Si. The maximum absolute atomic E-state index is 9.17. The van der Waals surface area contributed by atoms with E-state index in [1.54, 1.807) is 18.2 Å². The molecule has 0 amide bonds. The number of hydrogen-bond donors (Lipinski definition) is 3. The average Bonchev–Trinajstić information content (AvgIpc) is 2.03. The first-order valence-electron chi connectivity index (χ1n) is 4.19. The Hall–Kier alpha value is -0.683. The molecule has 0 saturated heterocycles. The molecule has 4 heteroatoms. The monoisotopic (exact) mass is 198 g/mol. The molecule has 1 aromatic carbocycles. The van der Waals surface area contributed by atoms with Crippen LogP contribution in [0.3, 0.4) is 0 Å². The van der Waals surface area contributed by atoms with Gasteiger partial charge in [-0.1, -0.05) is 38.1 Å². The molecule has 3 N–H and O–H groups in total. The van der Waals surface area contributed by atoms with Gasteiger partial charge < -0.3 is 14.4 Å². The second-order valence-electron chi connectivity index (χ2n) is 3.38. The smallest absolute Gasteiger partial charge is 0.386 e. The molecule has 0 bridgehead atoms. The van der Waals surface area contributed by atoms with Gasteiger partial charge in [0.25, 0.3) is 0 Å². The molecule has 0 heterocycles. The number of benzene rings is 1. The summed E-state index contributed by atoms with van der Waals surface area (Å²) in [7, 11) is -4.14. The Bertz CT molecular complexity index is 291. The van der Waals surface area contributed by atoms with Crippen molar-refractivity contribution in [2.45, 2.75) is 19.8 Å². The van der Waals surface area contributed by atoms with E-state index in [0.29, 0.717) is 0 Å². The third-order valence-corrected chi connectivity index (χ3v) is 3.12. The topological polar surface area (TPSA) is 60.7 Å². The van der Waals surface area contributed by atoms with Gasteiger partial charge in [-0.2, -0.15) is 0 Å². The Balaban J connectivity index is 3.20. The first-order chi connectivity index (χ1) is 5.93. The van der Waals surface area contributed by atoms with Crippen LogP contribution in [0.5, 0.6) is 0 Å². The largest absolute Gasteiger partial charge is 0.529 e. The van der Waals surface area contributed by atoms with Crippen LogP contribution in [0.4, 0.5) is 0 Å². The lowest BCUT2D eigenvalue weighted by Crippen LogP contribution is -2.50. The summed E-state index contributed by atoms with van der Waals surface area (Å²) < 4.78 is 0. The van der Waals surface area contributed by atoms with Gasteiger partial charge in [-0.3, -0.25) is 0 Å². The van der Waals surface area contributed by atoms with Crippen molar-refractivity contribution in [1.29, 1.82) is 0 Å². The van der Waals surface area contributed by atoms with Gasteiger partial charge in [0.2, 0.25) is 0 Å². The van der Waals surface area contributed by atoms with Crippen LogP contribution < -0.4 is 5.19 Å². The van der Waals surface area contributed by atoms with Crippen molar-refractivity contribution in [2.24, 2.45) is 0 Å². The van der Waals surface area contributed by atoms with Gasteiger partial charge >= 0.3 is 8.80 Å². The maximum Gasteiger partial charge on any atom is 0.529 e. The van der Waals surface area contributed by atoms with Crippen molar-refractivity contribution >= 4 is 14.0 Å². The highest BCUT2D eigenvalue weighted by atomic mass is 28.4. The summed E-state index contributed by atoms with van der Waals surface area (Å²) in [5.41, 5.74) is 0.793. The standard InChI is InChI=1S/C9H14O3Si/c1-7(2)8-5-3-4-6-9(8)13(10,11)12/h3-7,10-12H,1-2H3. The van der Waals surface area contributed by atoms with Crippen LogP contribution in [0.2, 0.25) is 0 Å². The van der Waals surface area contributed by atoms with E-state index in [0.717, 1.165) is 5.56 Å². The maximum atomic E-state index is 9.17. The lowest BCUT2D eigenvalue weighted by atomic mass is 10.0. The fraction of sp³-hybridized carbons (Fsp3) is 0.333. The van der Waals surface area contributed by atoms with E-state index >= 15 is 0 Å². The molecule has 0 aliphatic rings. The lowest BCUT2D eigenvalue weighted by molar-refractivity contribution is 0.249. The molecular weight excluding hydrogens is 184 g/mol. The second kappa shape index (κ2) is 3.59. The normalized spacial score (nSPS) is 12.2. The van der Waals surface area contributed by atoms with Gasteiger partial charge in [0.1, 0.15) is 0 Å². The predicted molar refractivity (Wildman–Crippen MR) is 52.6 cm³/mol. The molecule has 0 atom stereocenters. The van der Waals surface area contributed by atoms with Gasteiger partial charge in [0, 0.05) is 5.19 Å². The zero-order valence-corrected chi connectivity index (χ0v) is 8.73. The Morgan fingerprint density at radius 1 is 1.08 bits per heavy atom. The van der Waals surface area contributed by atoms with Crippen LogP contribution in [0.1, 0.15) is 25.3 Å². The highest BCUT2D eigenvalue weighted by molar-refractivity contribution is 6.72. The van der Waals surface area contributed by atoms with E-state index in [-0.39, 0.29) is 11.1 Å². The van der Waals surface area contributed by atoms with Crippen LogP contribution in [0.25, 0.3) is 0 Å². The van der Waals surface area contributed by atoms with Crippen LogP contribution in [0, 0.1) is 0 Å². The van der Waals surface area contributed by atoms with Gasteiger partial charge in [0.05, 0.1) is 0 Å². The van der Waals surface area contributed by atoms with Crippen molar-refractivity contribution in [2.75, 3.05) is 0 Å². The van der Waals surface area contributed by atoms with Crippen molar-refractivity contribution in [3.8, 4) is 0 Å². The molecule has 13 heavy (non-hydrogen) atoms. The fourth-order valence-electron chi connectivity index (χ4n) is 1.31. The molecule has 3 nitrogen and oxygen atoms in total. The molecule has 0 aliphatic heterocycles. The number of hydrogen-bond acceptors (Lipinski definition) is 3. The van der Waals surface area contributed by atoms with E-state index in [4.69, 9.17) is 14.4 Å². The van der Waals surface area contributed by atoms with Gasteiger partial charge in [-0.05, 0) is 11.5 Å². The van der Waals surface area contributed by atoms with Crippen molar-refractivity contribution in [3.63, 3.8) is 0 Å². The summed E-state index contributed by atoms with van der Waals surface area (Å²) in [6, 6.07) is 6.86. The number of rotatable bonds is 2. The average molecular weight is 198 g/mol. The SMILES string of the molecule is CC(C)c1ccccc1[Si](O)(O)O. The first-order valence-corrected chi connectivity index (χ1v) is 6.03. The summed E-state index contributed by atoms with van der Waals surface area (Å²) in [6.07, 6.45) is 0. The molecule has 0 unspecified atom stereocenters. The lowest BCUT2D eigenvalue weighted by Gasteiger charge is -2.16. The minimum absolute atomic E-state index is 0.175. The molecule has 0 aliphatic carbocycles.